The molecule has 0 spiro atoms. The van der Waals surface area contributed by atoms with Crippen molar-refractivity contribution in [1.82, 2.24) is 4.90 Å². The number of carbonyl (C=O) groups is 2. The number of amides is 2. The zero-order valence-corrected chi connectivity index (χ0v) is 7.78. The molecule has 0 aromatic heterocycles. The van der Waals surface area contributed by atoms with E-state index < -0.39 is 11.8 Å². The summed E-state index contributed by atoms with van der Waals surface area (Å²) < 4.78 is 0. The zero-order valence-electron chi connectivity index (χ0n) is 7.78. The lowest BCUT2D eigenvalue weighted by atomic mass is 10.1. The highest BCUT2D eigenvalue weighted by molar-refractivity contribution is 5.86. The van der Waals surface area contributed by atoms with E-state index in [1.807, 2.05) is 6.07 Å². The standard InChI is InChI=1S/C8H13N3O2/c1-3-6(4-9)8(13)11(2)5-7(10)12/h6H,3,5H2,1-2H3,(H2,10,12). The fourth-order valence-corrected chi connectivity index (χ4v) is 0.899. The van der Waals surface area contributed by atoms with Gasteiger partial charge in [0.2, 0.25) is 11.8 Å². The van der Waals surface area contributed by atoms with E-state index in [0.717, 1.165) is 0 Å². The predicted octanol–water partition coefficient (Wildman–Crippen LogP) is -0.520. The van der Waals surface area contributed by atoms with E-state index in [4.69, 9.17) is 11.0 Å². The lowest BCUT2D eigenvalue weighted by molar-refractivity contribution is -0.135. The van der Waals surface area contributed by atoms with Crippen LogP contribution in [0.3, 0.4) is 0 Å². The molecule has 5 nitrogen and oxygen atoms in total. The minimum atomic E-state index is -0.677. The fourth-order valence-electron chi connectivity index (χ4n) is 0.899. The Bertz CT molecular complexity index is 244. The summed E-state index contributed by atoms with van der Waals surface area (Å²) in [4.78, 5) is 23.0. The molecular formula is C8H13N3O2. The van der Waals surface area contributed by atoms with Gasteiger partial charge in [-0.15, -0.1) is 0 Å². The van der Waals surface area contributed by atoms with Gasteiger partial charge >= 0.3 is 0 Å². The van der Waals surface area contributed by atoms with Crippen molar-refractivity contribution in [2.45, 2.75) is 13.3 Å². The van der Waals surface area contributed by atoms with Crippen molar-refractivity contribution < 1.29 is 9.59 Å². The van der Waals surface area contributed by atoms with Crippen molar-refractivity contribution in [1.29, 1.82) is 5.26 Å². The van der Waals surface area contributed by atoms with Crippen molar-refractivity contribution in [2.75, 3.05) is 13.6 Å². The first-order valence-corrected chi connectivity index (χ1v) is 3.95. The maximum Gasteiger partial charge on any atom is 0.240 e. The number of rotatable bonds is 4. The van der Waals surface area contributed by atoms with Crippen LogP contribution in [-0.2, 0) is 9.59 Å². The molecule has 0 aliphatic rings. The molecule has 0 aliphatic heterocycles. The number of nitrogens with two attached hydrogens (primary N) is 1. The van der Waals surface area contributed by atoms with Crippen LogP contribution in [-0.4, -0.2) is 30.3 Å². The number of hydrogen-bond acceptors (Lipinski definition) is 3. The second-order valence-electron chi connectivity index (χ2n) is 2.75. The van der Waals surface area contributed by atoms with Crippen LogP contribution >= 0.6 is 0 Å². The molecule has 0 fully saturated rings. The van der Waals surface area contributed by atoms with Gasteiger partial charge in [0.15, 0.2) is 0 Å². The number of nitrogens with zero attached hydrogens (tertiary/aromatic N) is 2. The van der Waals surface area contributed by atoms with Gasteiger partial charge in [-0.1, -0.05) is 6.92 Å². The van der Waals surface area contributed by atoms with E-state index >= 15 is 0 Å². The zero-order chi connectivity index (χ0) is 10.4. The summed E-state index contributed by atoms with van der Waals surface area (Å²) in [7, 11) is 1.45. The second-order valence-corrected chi connectivity index (χ2v) is 2.75. The summed E-state index contributed by atoms with van der Waals surface area (Å²) >= 11 is 0. The van der Waals surface area contributed by atoms with Crippen LogP contribution in [0.5, 0.6) is 0 Å². The minimum Gasteiger partial charge on any atom is -0.368 e. The van der Waals surface area contributed by atoms with E-state index in [-0.39, 0.29) is 12.5 Å². The molecule has 0 rings (SSSR count). The van der Waals surface area contributed by atoms with Crippen LogP contribution in [0, 0.1) is 17.2 Å². The SMILES string of the molecule is CCC(C#N)C(=O)N(C)CC(N)=O. The molecule has 13 heavy (non-hydrogen) atoms. The monoisotopic (exact) mass is 183 g/mol. The van der Waals surface area contributed by atoms with E-state index in [0.29, 0.717) is 6.42 Å². The van der Waals surface area contributed by atoms with Gasteiger partial charge < -0.3 is 10.6 Å². The van der Waals surface area contributed by atoms with Crippen LogP contribution in [0.1, 0.15) is 13.3 Å². The fraction of sp³-hybridized carbons (Fsp3) is 0.625. The molecule has 0 aromatic rings. The molecule has 0 bridgehead atoms. The van der Waals surface area contributed by atoms with E-state index in [1.54, 1.807) is 6.92 Å². The molecule has 0 heterocycles. The summed E-state index contributed by atoms with van der Waals surface area (Å²) in [6.45, 7) is 1.60. The number of likely N-dealkylation sites (N-methyl/N-ethyl adjacent to an activating group) is 1. The van der Waals surface area contributed by atoms with Gasteiger partial charge in [-0.3, -0.25) is 9.59 Å². The molecule has 1 atom stereocenters. The van der Waals surface area contributed by atoms with Crippen molar-refractivity contribution in [2.24, 2.45) is 11.7 Å². The van der Waals surface area contributed by atoms with Gasteiger partial charge in [0.25, 0.3) is 0 Å². The lowest BCUT2D eigenvalue weighted by Crippen LogP contribution is -2.38. The molecule has 0 aromatic carbocycles. The highest BCUT2D eigenvalue weighted by atomic mass is 16.2. The number of hydrogen-bond donors (Lipinski definition) is 1. The van der Waals surface area contributed by atoms with E-state index in [9.17, 15) is 9.59 Å². The van der Waals surface area contributed by atoms with Crippen LogP contribution in [0.2, 0.25) is 0 Å². The average Bonchev–Trinajstić information content (AvgIpc) is 2.05. The first-order valence-electron chi connectivity index (χ1n) is 3.95. The normalized spacial score (nSPS) is 11.5. The Morgan fingerprint density at radius 1 is 1.62 bits per heavy atom. The molecule has 2 N–H and O–H groups in total. The number of carbonyl (C=O) groups excluding carboxylic acids is 2. The molecule has 5 heteroatoms. The third-order valence-electron chi connectivity index (χ3n) is 1.63. The second kappa shape index (κ2) is 5.14. The summed E-state index contributed by atoms with van der Waals surface area (Å²) in [6.07, 6.45) is 0.443. The maximum atomic E-state index is 11.3. The van der Waals surface area contributed by atoms with Gasteiger partial charge in [0.05, 0.1) is 12.6 Å². The molecule has 0 saturated carbocycles. The molecule has 0 saturated heterocycles. The predicted molar refractivity (Wildman–Crippen MR) is 46.2 cm³/mol. The van der Waals surface area contributed by atoms with Crippen LogP contribution < -0.4 is 5.73 Å². The Morgan fingerprint density at radius 2 is 2.15 bits per heavy atom. The van der Waals surface area contributed by atoms with Gasteiger partial charge in [-0.2, -0.15) is 5.26 Å². The quantitative estimate of drug-likeness (QED) is 0.636. The van der Waals surface area contributed by atoms with Gasteiger partial charge in [-0.25, -0.2) is 0 Å². The van der Waals surface area contributed by atoms with Gasteiger partial charge in [0.1, 0.15) is 5.92 Å². The van der Waals surface area contributed by atoms with Crippen LogP contribution in [0.25, 0.3) is 0 Å². The van der Waals surface area contributed by atoms with E-state index in [2.05, 4.69) is 0 Å². The molecule has 0 radical (unpaired) electrons. The first kappa shape index (κ1) is 11.4. The third-order valence-corrected chi connectivity index (χ3v) is 1.63. The molecule has 2 amide bonds. The highest BCUT2D eigenvalue weighted by Crippen LogP contribution is 2.04. The summed E-state index contributed by atoms with van der Waals surface area (Å²) in [6, 6.07) is 1.86. The topological polar surface area (TPSA) is 87.2 Å². The van der Waals surface area contributed by atoms with Gasteiger partial charge in [-0.05, 0) is 6.42 Å². The van der Waals surface area contributed by atoms with Crippen molar-refractivity contribution in [3.05, 3.63) is 0 Å². The number of nitriles is 1. The van der Waals surface area contributed by atoms with E-state index in [1.165, 1.54) is 11.9 Å². The average molecular weight is 183 g/mol. The van der Waals surface area contributed by atoms with Crippen LogP contribution in [0.15, 0.2) is 0 Å². The Morgan fingerprint density at radius 3 is 2.46 bits per heavy atom. The minimum absolute atomic E-state index is 0.142. The van der Waals surface area contributed by atoms with Gasteiger partial charge in [0, 0.05) is 7.05 Å². The summed E-state index contributed by atoms with van der Waals surface area (Å²) in [5, 5.41) is 8.57. The largest absolute Gasteiger partial charge is 0.368 e. The Kier molecular flexibility index (Phi) is 4.52. The van der Waals surface area contributed by atoms with Crippen molar-refractivity contribution in [3.63, 3.8) is 0 Å². The molecule has 0 aliphatic carbocycles. The Labute approximate surface area is 77.1 Å². The molecule has 1 unspecified atom stereocenters. The van der Waals surface area contributed by atoms with Crippen LogP contribution in [0.4, 0.5) is 0 Å². The smallest absolute Gasteiger partial charge is 0.240 e. The molecule has 72 valence electrons. The summed E-state index contributed by atoms with van der Waals surface area (Å²) in [5.74, 6) is -1.61. The lowest BCUT2D eigenvalue weighted by Gasteiger charge is -2.17. The Balaban J connectivity index is 4.25. The first-order chi connectivity index (χ1) is 6.02. The maximum absolute atomic E-state index is 11.3. The molecular weight excluding hydrogens is 170 g/mol. The number of primary amides is 1. The third kappa shape index (κ3) is 3.56. The Hall–Kier alpha value is -1.57. The highest BCUT2D eigenvalue weighted by Gasteiger charge is 2.20. The van der Waals surface area contributed by atoms with Crippen molar-refractivity contribution >= 4 is 11.8 Å². The van der Waals surface area contributed by atoms with Crippen molar-refractivity contribution in [3.8, 4) is 6.07 Å². The summed E-state index contributed by atoms with van der Waals surface area (Å²) in [5.41, 5.74) is 4.90.